The van der Waals surface area contributed by atoms with E-state index in [1.54, 1.807) is 13.0 Å². The minimum Gasteiger partial charge on any atom is -0.507 e. The number of phenolic OH excluding ortho intramolecular Hbond substituents is 2. The molecule has 0 aromatic heterocycles. The van der Waals surface area contributed by atoms with Crippen LogP contribution >= 0.6 is 0 Å². The number of hydrogen-bond acceptors (Lipinski definition) is 2. The van der Waals surface area contributed by atoms with Crippen molar-refractivity contribution in [3.05, 3.63) is 58.9 Å². The molecule has 0 amide bonds. The van der Waals surface area contributed by atoms with Crippen LogP contribution in [0.3, 0.4) is 0 Å². The first kappa shape index (κ1) is 20.8. The summed E-state index contributed by atoms with van der Waals surface area (Å²) >= 11 is 0. The highest BCUT2D eigenvalue weighted by Crippen LogP contribution is 2.35. The van der Waals surface area contributed by atoms with Crippen LogP contribution in [0.2, 0.25) is 0 Å². The van der Waals surface area contributed by atoms with Crippen LogP contribution < -0.4 is 0 Å². The van der Waals surface area contributed by atoms with E-state index in [1.165, 1.54) is 25.1 Å². The van der Waals surface area contributed by atoms with Gasteiger partial charge < -0.3 is 10.2 Å². The maximum atomic E-state index is 12.3. The summed E-state index contributed by atoms with van der Waals surface area (Å²) in [6.45, 7) is 7.30. The zero-order valence-electron chi connectivity index (χ0n) is 13.4. The normalized spacial score (nSPS) is 10.1. The van der Waals surface area contributed by atoms with Crippen molar-refractivity contribution in [1.82, 2.24) is 0 Å². The van der Waals surface area contributed by atoms with Crippen LogP contribution in [-0.2, 0) is 6.18 Å². The second-order valence-electron chi connectivity index (χ2n) is 4.47. The molecule has 0 bridgehead atoms. The van der Waals surface area contributed by atoms with E-state index in [0.29, 0.717) is 5.56 Å². The van der Waals surface area contributed by atoms with Gasteiger partial charge in [-0.05, 0) is 43.7 Å². The molecule has 0 aliphatic rings. The summed E-state index contributed by atoms with van der Waals surface area (Å²) in [6, 6.07) is 7.65. The first-order valence-corrected chi connectivity index (χ1v) is 6.93. The lowest BCUT2D eigenvalue weighted by atomic mass is 10.1. The van der Waals surface area contributed by atoms with Gasteiger partial charge in [0.1, 0.15) is 5.75 Å². The van der Waals surface area contributed by atoms with E-state index in [4.69, 9.17) is 10.2 Å². The standard InChI is InChI=1S/C8H7F3O.C7H7FO.C2H6/c1-5-2-3-7(12)6(4-5)8(9,10)11;1-5-2-3-7(9)6(8)4-5;1-2/h2-4,12H,1H3;2-4,9H,1H3;1-2H3. The Morgan fingerprint density at radius 2 is 1.22 bits per heavy atom. The Balaban J connectivity index is 0.000000392. The van der Waals surface area contributed by atoms with Gasteiger partial charge in [0, 0.05) is 0 Å². The van der Waals surface area contributed by atoms with Gasteiger partial charge in [-0.1, -0.05) is 31.5 Å². The van der Waals surface area contributed by atoms with Gasteiger partial charge in [-0.2, -0.15) is 13.2 Å². The first-order valence-electron chi connectivity index (χ1n) is 6.93. The Labute approximate surface area is 133 Å². The van der Waals surface area contributed by atoms with Crippen LogP contribution in [-0.4, -0.2) is 10.2 Å². The molecule has 6 heteroatoms. The fourth-order valence-electron chi connectivity index (χ4n) is 1.49. The Kier molecular flexibility index (Phi) is 8.15. The van der Waals surface area contributed by atoms with Gasteiger partial charge in [0.05, 0.1) is 5.56 Å². The molecule has 0 aliphatic carbocycles. The maximum Gasteiger partial charge on any atom is 0.419 e. The highest BCUT2D eigenvalue weighted by molar-refractivity contribution is 5.37. The average molecular weight is 332 g/mol. The Hall–Kier alpha value is -2.24. The topological polar surface area (TPSA) is 40.5 Å². The summed E-state index contributed by atoms with van der Waals surface area (Å²) in [5.74, 6) is -1.58. The van der Waals surface area contributed by atoms with Gasteiger partial charge in [-0.25, -0.2) is 4.39 Å². The fraction of sp³-hybridized carbons (Fsp3) is 0.294. The summed E-state index contributed by atoms with van der Waals surface area (Å²) < 4.78 is 48.5. The van der Waals surface area contributed by atoms with E-state index in [0.717, 1.165) is 17.7 Å². The third-order valence-corrected chi connectivity index (χ3v) is 2.56. The fourth-order valence-corrected chi connectivity index (χ4v) is 1.49. The van der Waals surface area contributed by atoms with Gasteiger partial charge in [-0.15, -0.1) is 0 Å². The zero-order valence-corrected chi connectivity index (χ0v) is 13.4. The summed E-state index contributed by atoms with van der Waals surface area (Å²) in [6.07, 6.45) is -4.48. The molecular formula is C17H20F4O2. The second kappa shape index (κ2) is 9.02. The van der Waals surface area contributed by atoms with Crippen molar-refractivity contribution in [3.8, 4) is 11.5 Å². The summed E-state index contributed by atoms with van der Waals surface area (Å²) in [4.78, 5) is 0. The van der Waals surface area contributed by atoms with E-state index in [1.807, 2.05) is 13.8 Å². The zero-order chi connectivity index (χ0) is 18.2. The molecular weight excluding hydrogens is 312 g/mol. The predicted octanol–water partition coefficient (Wildman–Crippen LogP) is 5.59. The van der Waals surface area contributed by atoms with Crippen molar-refractivity contribution >= 4 is 0 Å². The highest BCUT2D eigenvalue weighted by atomic mass is 19.4. The smallest absolute Gasteiger partial charge is 0.419 e. The molecule has 0 unspecified atom stereocenters. The van der Waals surface area contributed by atoms with Gasteiger partial charge in [-0.3, -0.25) is 0 Å². The van der Waals surface area contributed by atoms with Gasteiger partial charge in [0.25, 0.3) is 0 Å². The molecule has 0 heterocycles. The molecule has 2 aromatic rings. The molecule has 2 rings (SSSR count). The molecule has 0 radical (unpaired) electrons. The number of alkyl halides is 3. The molecule has 0 saturated heterocycles. The van der Waals surface area contributed by atoms with Gasteiger partial charge >= 0.3 is 6.18 Å². The Morgan fingerprint density at radius 1 is 0.783 bits per heavy atom. The van der Waals surface area contributed by atoms with Crippen molar-refractivity contribution in [3.63, 3.8) is 0 Å². The third-order valence-electron chi connectivity index (χ3n) is 2.56. The monoisotopic (exact) mass is 332 g/mol. The molecule has 0 fully saturated rings. The summed E-state index contributed by atoms with van der Waals surface area (Å²) in [5.41, 5.74) is 0.299. The van der Waals surface area contributed by atoms with Crippen LogP contribution in [0.1, 0.15) is 30.5 Å². The number of rotatable bonds is 0. The number of hydrogen-bond donors (Lipinski definition) is 2. The third kappa shape index (κ3) is 7.04. The summed E-state index contributed by atoms with van der Waals surface area (Å²) in [7, 11) is 0. The quantitative estimate of drug-likeness (QED) is 0.618. The van der Waals surface area contributed by atoms with Gasteiger partial charge in [0.15, 0.2) is 11.6 Å². The van der Waals surface area contributed by atoms with Gasteiger partial charge in [0.2, 0.25) is 0 Å². The lowest BCUT2D eigenvalue weighted by Crippen LogP contribution is -2.05. The average Bonchev–Trinajstić information content (AvgIpc) is 2.47. The van der Waals surface area contributed by atoms with Crippen LogP contribution in [0.25, 0.3) is 0 Å². The molecule has 2 nitrogen and oxygen atoms in total. The van der Waals surface area contributed by atoms with E-state index in [-0.39, 0.29) is 5.75 Å². The van der Waals surface area contributed by atoms with E-state index < -0.39 is 23.3 Å². The van der Waals surface area contributed by atoms with E-state index >= 15 is 0 Å². The van der Waals surface area contributed by atoms with Crippen LogP contribution in [0.5, 0.6) is 11.5 Å². The molecule has 2 aromatic carbocycles. The SMILES string of the molecule is CC.Cc1ccc(O)c(C(F)(F)F)c1.Cc1ccc(O)c(F)c1. The molecule has 0 aliphatic heterocycles. The minimum atomic E-state index is -4.48. The lowest BCUT2D eigenvalue weighted by Gasteiger charge is -2.08. The van der Waals surface area contributed by atoms with Crippen LogP contribution in [0.15, 0.2) is 36.4 Å². The van der Waals surface area contributed by atoms with Crippen molar-refractivity contribution < 1.29 is 27.8 Å². The Bertz CT molecular complexity index is 622. The second-order valence-corrected chi connectivity index (χ2v) is 4.47. The van der Waals surface area contributed by atoms with E-state index in [9.17, 15) is 17.6 Å². The van der Waals surface area contributed by atoms with Crippen molar-refractivity contribution in [2.24, 2.45) is 0 Å². The molecule has 0 saturated carbocycles. The lowest BCUT2D eigenvalue weighted by molar-refractivity contribution is -0.138. The number of benzene rings is 2. The maximum absolute atomic E-state index is 12.3. The van der Waals surface area contributed by atoms with Crippen LogP contribution in [0.4, 0.5) is 17.6 Å². The Morgan fingerprint density at radius 3 is 1.57 bits per heavy atom. The van der Waals surface area contributed by atoms with Crippen molar-refractivity contribution in [2.45, 2.75) is 33.9 Å². The largest absolute Gasteiger partial charge is 0.507 e. The number of phenols is 2. The number of aromatic hydroxyl groups is 2. The molecule has 0 spiro atoms. The molecule has 0 atom stereocenters. The van der Waals surface area contributed by atoms with Crippen LogP contribution in [0, 0.1) is 19.7 Å². The van der Waals surface area contributed by atoms with Crippen molar-refractivity contribution in [2.75, 3.05) is 0 Å². The van der Waals surface area contributed by atoms with Crippen molar-refractivity contribution in [1.29, 1.82) is 0 Å². The highest BCUT2D eigenvalue weighted by Gasteiger charge is 2.33. The summed E-state index contributed by atoms with van der Waals surface area (Å²) in [5, 5.41) is 17.5. The molecule has 2 N–H and O–H groups in total. The molecule has 23 heavy (non-hydrogen) atoms. The molecule has 128 valence electrons. The minimum absolute atomic E-state index is 0.291. The number of halogens is 4. The number of aryl methyl sites for hydroxylation is 2. The first-order chi connectivity index (χ1) is 10.6. The van der Waals surface area contributed by atoms with E-state index in [2.05, 4.69) is 0 Å². The predicted molar refractivity (Wildman–Crippen MR) is 82.0 cm³/mol.